The van der Waals surface area contributed by atoms with Crippen LogP contribution in [-0.4, -0.2) is 24.8 Å². The Kier molecular flexibility index (Phi) is 6.11. The van der Waals surface area contributed by atoms with Crippen LogP contribution in [0.5, 0.6) is 0 Å². The molecule has 1 aliphatic rings. The van der Waals surface area contributed by atoms with Crippen LogP contribution in [-0.2, 0) is 4.74 Å². The molecule has 0 heterocycles. The van der Waals surface area contributed by atoms with Gasteiger partial charge >= 0.3 is 0 Å². The quantitative estimate of drug-likeness (QED) is 0.757. The molecule has 3 atom stereocenters. The first-order chi connectivity index (χ1) is 8.55. The van der Waals surface area contributed by atoms with E-state index in [1.807, 2.05) is 0 Å². The molecule has 0 aliphatic heterocycles. The molecule has 0 aromatic carbocycles. The van der Waals surface area contributed by atoms with E-state index in [2.05, 4.69) is 39.1 Å². The molecule has 104 valence electrons. The van der Waals surface area contributed by atoms with E-state index in [-0.39, 0.29) is 5.54 Å². The number of nitrogens with zero attached hydrogens (tertiary/aromatic N) is 1. The molecule has 0 aromatic heterocycles. The van der Waals surface area contributed by atoms with E-state index in [9.17, 15) is 5.26 Å². The first-order valence-electron chi connectivity index (χ1n) is 7.33. The van der Waals surface area contributed by atoms with Crippen molar-refractivity contribution >= 4 is 0 Å². The molecule has 1 saturated carbocycles. The van der Waals surface area contributed by atoms with Crippen LogP contribution in [0.2, 0.25) is 0 Å². The van der Waals surface area contributed by atoms with Crippen molar-refractivity contribution in [1.82, 2.24) is 5.32 Å². The third kappa shape index (κ3) is 3.70. The topological polar surface area (TPSA) is 45.0 Å². The first kappa shape index (κ1) is 15.5. The predicted molar refractivity (Wildman–Crippen MR) is 74.2 cm³/mol. The van der Waals surface area contributed by atoms with Gasteiger partial charge in [-0.25, -0.2) is 0 Å². The molecule has 1 N–H and O–H groups in total. The van der Waals surface area contributed by atoms with Crippen molar-refractivity contribution in [2.75, 3.05) is 13.2 Å². The van der Waals surface area contributed by atoms with Crippen LogP contribution in [0.25, 0.3) is 0 Å². The number of rotatable bonds is 7. The minimum Gasteiger partial charge on any atom is -0.378 e. The summed E-state index contributed by atoms with van der Waals surface area (Å²) in [4.78, 5) is 0. The zero-order valence-corrected chi connectivity index (χ0v) is 12.3. The normalized spacial score (nSPS) is 29.4. The van der Waals surface area contributed by atoms with Gasteiger partial charge in [-0.05, 0) is 44.6 Å². The maximum Gasteiger partial charge on any atom is 0.109 e. The van der Waals surface area contributed by atoms with Gasteiger partial charge < -0.3 is 4.74 Å². The Bertz CT molecular complexity index is 285. The molecule has 0 amide bonds. The van der Waals surface area contributed by atoms with Gasteiger partial charge in [-0.2, -0.15) is 5.26 Å². The lowest BCUT2D eigenvalue weighted by Gasteiger charge is -2.30. The Morgan fingerprint density at radius 2 is 2.17 bits per heavy atom. The fourth-order valence-electron chi connectivity index (χ4n) is 2.79. The Morgan fingerprint density at radius 1 is 1.44 bits per heavy atom. The smallest absolute Gasteiger partial charge is 0.109 e. The number of nitriles is 1. The number of hydrogen-bond donors (Lipinski definition) is 1. The summed E-state index contributed by atoms with van der Waals surface area (Å²) >= 11 is 0. The second kappa shape index (κ2) is 7.11. The van der Waals surface area contributed by atoms with Crippen molar-refractivity contribution in [3.8, 4) is 6.07 Å². The molecule has 0 spiro atoms. The van der Waals surface area contributed by atoms with Gasteiger partial charge in [0.15, 0.2) is 0 Å². The molecular weight excluding hydrogens is 224 g/mol. The molecule has 1 fully saturated rings. The Labute approximate surface area is 112 Å². The lowest BCUT2D eigenvalue weighted by atomic mass is 9.86. The molecule has 1 rings (SSSR count). The van der Waals surface area contributed by atoms with Gasteiger partial charge in [-0.3, -0.25) is 5.32 Å². The van der Waals surface area contributed by atoms with Crippen molar-refractivity contribution in [2.24, 2.45) is 11.8 Å². The van der Waals surface area contributed by atoms with Gasteiger partial charge in [-0.1, -0.05) is 27.2 Å². The monoisotopic (exact) mass is 252 g/mol. The van der Waals surface area contributed by atoms with E-state index in [0.29, 0.717) is 17.9 Å². The molecule has 3 heteroatoms. The van der Waals surface area contributed by atoms with Crippen LogP contribution in [0, 0.1) is 23.2 Å². The predicted octanol–water partition coefficient (Wildman–Crippen LogP) is 3.11. The van der Waals surface area contributed by atoms with Gasteiger partial charge in [0.1, 0.15) is 5.54 Å². The summed E-state index contributed by atoms with van der Waals surface area (Å²) in [7, 11) is 0. The SMILES string of the molecule is CCNC1(C#N)CCCC1CCOC(C)C(C)C. The van der Waals surface area contributed by atoms with E-state index < -0.39 is 0 Å². The highest BCUT2D eigenvalue weighted by Gasteiger charge is 2.42. The van der Waals surface area contributed by atoms with E-state index in [4.69, 9.17) is 4.74 Å². The Morgan fingerprint density at radius 3 is 2.72 bits per heavy atom. The summed E-state index contributed by atoms with van der Waals surface area (Å²) in [5, 5.41) is 12.9. The van der Waals surface area contributed by atoms with Crippen molar-refractivity contribution in [2.45, 2.75) is 65.0 Å². The van der Waals surface area contributed by atoms with Crippen LogP contribution in [0.1, 0.15) is 53.4 Å². The number of hydrogen-bond acceptors (Lipinski definition) is 3. The second-order valence-corrected chi connectivity index (χ2v) is 5.81. The molecule has 1 aliphatic carbocycles. The van der Waals surface area contributed by atoms with E-state index in [1.165, 1.54) is 0 Å². The average molecular weight is 252 g/mol. The molecule has 0 saturated heterocycles. The minimum atomic E-state index is -0.292. The van der Waals surface area contributed by atoms with Crippen LogP contribution >= 0.6 is 0 Å². The maximum atomic E-state index is 9.46. The van der Waals surface area contributed by atoms with E-state index >= 15 is 0 Å². The van der Waals surface area contributed by atoms with E-state index in [0.717, 1.165) is 38.8 Å². The number of ether oxygens (including phenoxy) is 1. The van der Waals surface area contributed by atoms with Crippen molar-refractivity contribution < 1.29 is 4.74 Å². The van der Waals surface area contributed by atoms with Gasteiger partial charge in [0.05, 0.1) is 12.2 Å². The standard InChI is InChI=1S/C15H28N2O/c1-5-17-15(11-16)9-6-7-14(15)8-10-18-13(4)12(2)3/h12-14,17H,5-10H2,1-4H3. The Hall–Kier alpha value is -0.590. The average Bonchev–Trinajstić information content (AvgIpc) is 2.73. The van der Waals surface area contributed by atoms with Crippen molar-refractivity contribution in [3.63, 3.8) is 0 Å². The zero-order valence-electron chi connectivity index (χ0n) is 12.3. The maximum absolute atomic E-state index is 9.46. The summed E-state index contributed by atoms with van der Waals surface area (Å²) in [5.74, 6) is 1.00. The molecule has 0 radical (unpaired) electrons. The van der Waals surface area contributed by atoms with Crippen LogP contribution < -0.4 is 5.32 Å². The third-order valence-corrected chi connectivity index (χ3v) is 4.30. The summed E-state index contributed by atoms with van der Waals surface area (Å²) in [6, 6.07) is 2.52. The summed E-state index contributed by atoms with van der Waals surface area (Å²) in [5.41, 5.74) is -0.292. The van der Waals surface area contributed by atoms with Gasteiger partial charge in [-0.15, -0.1) is 0 Å². The highest BCUT2D eigenvalue weighted by molar-refractivity contribution is 5.13. The van der Waals surface area contributed by atoms with Crippen LogP contribution in [0.15, 0.2) is 0 Å². The molecule has 0 bridgehead atoms. The minimum absolute atomic E-state index is 0.292. The van der Waals surface area contributed by atoms with Crippen LogP contribution in [0.4, 0.5) is 0 Å². The van der Waals surface area contributed by atoms with Gasteiger partial charge in [0.2, 0.25) is 0 Å². The highest BCUT2D eigenvalue weighted by atomic mass is 16.5. The summed E-state index contributed by atoms with van der Waals surface area (Å²) in [6.07, 6.45) is 4.60. The highest BCUT2D eigenvalue weighted by Crippen LogP contribution is 2.37. The fraction of sp³-hybridized carbons (Fsp3) is 0.933. The molecule has 3 nitrogen and oxygen atoms in total. The third-order valence-electron chi connectivity index (χ3n) is 4.30. The number of nitrogens with one attached hydrogen (secondary N) is 1. The second-order valence-electron chi connectivity index (χ2n) is 5.81. The summed E-state index contributed by atoms with van der Waals surface area (Å²) in [6.45, 7) is 10.2. The lowest BCUT2D eigenvalue weighted by molar-refractivity contribution is 0.0246. The van der Waals surface area contributed by atoms with Gasteiger partial charge in [0.25, 0.3) is 0 Å². The Balaban J connectivity index is 2.43. The summed E-state index contributed by atoms with van der Waals surface area (Å²) < 4.78 is 5.84. The van der Waals surface area contributed by atoms with Crippen LogP contribution in [0.3, 0.4) is 0 Å². The largest absolute Gasteiger partial charge is 0.378 e. The molecule has 3 unspecified atom stereocenters. The lowest BCUT2D eigenvalue weighted by Crippen LogP contribution is -2.47. The zero-order chi connectivity index (χ0) is 13.6. The van der Waals surface area contributed by atoms with E-state index in [1.54, 1.807) is 0 Å². The van der Waals surface area contributed by atoms with Crippen molar-refractivity contribution in [3.05, 3.63) is 0 Å². The molecule has 0 aromatic rings. The van der Waals surface area contributed by atoms with Crippen molar-refractivity contribution in [1.29, 1.82) is 5.26 Å². The van der Waals surface area contributed by atoms with Gasteiger partial charge in [0, 0.05) is 6.61 Å². The molecular formula is C15H28N2O. The first-order valence-corrected chi connectivity index (χ1v) is 7.33. The fourth-order valence-corrected chi connectivity index (χ4v) is 2.79. The molecule has 18 heavy (non-hydrogen) atoms.